The van der Waals surface area contributed by atoms with Crippen molar-refractivity contribution in [2.24, 2.45) is 0 Å². The van der Waals surface area contributed by atoms with E-state index < -0.39 is 0 Å². The van der Waals surface area contributed by atoms with Gasteiger partial charge in [-0.15, -0.1) is 0 Å². The zero-order valence-electron chi connectivity index (χ0n) is 13.1. The lowest BCUT2D eigenvalue weighted by Crippen LogP contribution is -2.46. The quantitative estimate of drug-likeness (QED) is 0.429. The van der Waals surface area contributed by atoms with Crippen LogP contribution >= 0.6 is 0 Å². The number of carbonyl (C=O) groups is 1. The first-order valence-electron chi connectivity index (χ1n) is 6.74. The van der Waals surface area contributed by atoms with Crippen LogP contribution in [0, 0.1) is 11.3 Å². The summed E-state index contributed by atoms with van der Waals surface area (Å²) in [6.45, 7) is 12.5. The van der Waals surface area contributed by atoms with Gasteiger partial charge in [-0.2, -0.15) is 5.26 Å². The summed E-state index contributed by atoms with van der Waals surface area (Å²) in [5.74, 6) is 0.0362. The Bertz CT molecular complexity index is 401. The number of carbonyl (C=O) groups excluding carboxylic acids is 1. The first-order chi connectivity index (χ1) is 8.73. The molecule has 19 heavy (non-hydrogen) atoms. The van der Waals surface area contributed by atoms with Crippen molar-refractivity contribution in [3.8, 4) is 6.07 Å². The van der Waals surface area contributed by atoms with Gasteiger partial charge in [0.2, 0.25) is 0 Å². The Labute approximate surface area is 117 Å². The van der Waals surface area contributed by atoms with Gasteiger partial charge in [0.05, 0.1) is 6.07 Å². The van der Waals surface area contributed by atoms with Gasteiger partial charge < -0.3 is 4.90 Å². The van der Waals surface area contributed by atoms with Gasteiger partial charge in [-0.3, -0.25) is 4.79 Å². The van der Waals surface area contributed by atoms with Crippen molar-refractivity contribution in [2.45, 2.75) is 59.9 Å². The molecule has 0 aromatic rings. The highest BCUT2D eigenvalue weighted by Gasteiger charge is 2.27. The van der Waals surface area contributed by atoms with Gasteiger partial charge in [-0.05, 0) is 48.0 Å². The monoisotopic (exact) mass is 262 g/mol. The van der Waals surface area contributed by atoms with Gasteiger partial charge in [0, 0.05) is 24.1 Å². The van der Waals surface area contributed by atoms with E-state index >= 15 is 0 Å². The Morgan fingerprint density at radius 2 is 1.89 bits per heavy atom. The standard InChI is InChI=1S/C16H26N2O/c1-7-14(12-13(2)3)15(19)18(16(4,5)6)11-9-8-10-17/h7,12H,8-9,11H2,1-6H3/b14-7+. The number of amides is 1. The molecule has 1 amide bonds. The predicted molar refractivity (Wildman–Crippen MR) is 79.5 cm³/mol. The maximum absolute atomic E-state index is 12.6. The van der Waals surface area contributed by atoms with Crippen LogP contribution in [0.25, 0.3) is 0 Å². The molecular formula is C16H26N2O. The van der Waals surface area contributed by atoms with Crippen molar-refractivity contribution in [2.75, 3.05) is 6.54 Å². The average Bonchev–Trinajstić information content (AvgIpc) is 2.29. The highest BCUT2D eigenvalue weighted by Crippen LogP contribution is 2.19. The zero-order chi connectivity index (χ0) is 15.1. The van der Waals surface area contributed by atoms with Crippen LogP contribution in [0.15, 0.2) is 23.3 Å². The molecule has 0 saturated carbocycles. The van der Waals surface area contributed by atoms with E-state index in [-0.39, 0.29) is 11.4 Å². The summed E-state index contributed by atoms with van der Waals surface area (Å²) < 4.78 is 0. The fourth-order valence-corrected chi connectivity index (χ4v) is 1.79. The number of hydrogen-bond donors (Lipinski definition) is 0. The molecular weight excluding hydrogens is 236 g/mol. The molecule has 0 atom stereocenters. The zero-order valence-corrected chi connectivity index (χ0v) is 13.1. The van der Waals surface area contributed by atoms with Crippen molar-refractivity contribution in [3.63, 3.8) is 0 Å². The lowest BCUT2D eigenvalue weighted by molar-refractivity contribution is -0.131. The van der Waals surface area contributed by atoms with Crippen LogP contribution in [0.5, 0.6) is 0 Å². The molecule has 0 fully saturated rings. The third-order valence-corrected chi connectivity index (χ3v) is 2.73. The summed E-state index contributed by atoms with van der Waals surface area (Å²) >= 11 is 0. The summed E-state index contributed by atoms with van der Waals surface area (Å²) in [5, 5.41) is 8.62. The molecule has 3 nitrogen and oxygen atoms in total. The minimum atomic E-state index is -0.240. The smallest absolute Gasteiger partial charge is 0.253 e. The molecule has 0 N–H and O–H groups in total. The van der Waals surface area contributed by atoms with Crippen LogP contribution in [0.2, 0.25) is 0 Å². The molecule has 0 aromatic carbocycles. The van der Waals surface area contributed by atoms with E-state index in [4.69, 9.17) is 5.26 Å². The number of nitrogens with zero attached hydrogens (tertiary/aromatic N) is 2. The van der Waals surface area contributed by atoms with Crippen LogP contribution < -0.4 is 0 Å². The summed E-state index contributed by atoms with van der Waals surface area (Å²) in [7, 11) is 0. The van der Waals surface area contributed by atoms with Crippen molar-refractivity contribution >= 4 is 5.91 Å². The highest BCUT2D eigenvalue weighted by molar-refractivity contribution is 5.96. The molecule has 0 radical (unpaired) electrons. The molecule has 0 aliphatic heterocycles. The molecule has 3 heteroatoms. The maximum atomic E-state index is 12.6. The van der Waals surface area contributed by atoms with Crippen LogP contribution in [0.3, 0.4) is 0 Å². The number of nitriles is 1. The van der Waals surface area contributed by atoms with Crippen molar-refractivity contribution < 1.29 is 4.79 Å². The fraction of sp³-hybridized carbons (Fsp3) is 0.625. The summed E-state index contributed by atoms with van der Waals surface area (Å²) in [6.07, 6.45) is 4.95. The van der Waals surface area contributed by atoms with Gasteiger partial charge in [0.1, 0.15) is 0 Å². The lowest BCUT2D eigenvalue weighted by atomic mass is 10.0. The Hall–Kier alpha value is -1.56. The SMILES string of the molecule is C/C=C(\C=C(C)C)C(=O)N(CCCC#N)C(C)(C)C. The van der Waals surface area contributed by atoms with E-state index in [0.29, 0.717) is 25.0 Å². The molecule has 106 valence electrons. The molecule has 0 bridgehead atoms. The highest BCUT2D eigenvalue weighted by atomic mass is 16.2. The third kappa shape index (κ3) is 6.24. The number of hydrogen-bond acceptors (Lipinski definition) is 2. The molecule has 0 unspecified atom stereocenters. The van der Waals surface area contributed by atoms with Crippen LogP contribution in [-0.4, -0.2) is 22.9 Å². The van der Waals surface area contributed by atoms with Gasteiger partial charge in [-0.25, -0.2) is 0 Å². The van der Waals surface area contributed by atoms with Gasteiger partial charge in [0.15, 0.2) is 0 Å². The van der Waals surface area contributed by atoms with E-state index in [0.717, 1.165) is 5.57 Å². The van der Waals surface area contributed by atoms with Crippen LogP contribution in [0.1, 0.15) is 54.4 Å². The van der Waals surface area contributed by atoms with Crippen LogP contribution in [0.4, 0.5) is 0 Å². The van der Waals surface area contributed by atoms with Crippen molar-refractivity contribution in [3.05, 3.63) is 23.3 Å². The van der Waals surface area contributed by atoms with Crippen molar-refractivity contribution in [1.82, 2.24) is 4.90 Å². The topological polar surface area (TPSA) is 44.1 Å². The number of unbranched alkanes of at least 4 members (excludes halogenated alkanes) is 1. The summed E-state index contributed by atoms with van der Waals surface area (Å²) in [4.78, 5) is 14.4. The van der Waals surface area contributed by atoms with Gasteiger partial charge >= 0.3 is 0 Å². The van der Waals surface area contributed by atoms with Gasteiger partial charge in [0.25, 0.3) is 5.91 Å². The summed E-state index contributed by atoms with van der Waals surface area (Å²) in [6, 6.07) is 2.12. The third-order valence-electron chi connectivity index (χ3n) is 2.73. The van der Waals surface area contributed by atoms with E-state index in [2.05, 4.69) is 6.07 Å². The lowest BCUT2D eigenvalue weighted by Gasteiger charge is -2.36. The Balaban J connectivity index is 5.11. The number of rotatable bonds is 5. The van der Waals surface area contributed by atoms with Gasteiger partial charge in [-0.1, -0.05) is 17.7 Å². The first kappa shape index (κ1) is 17.4. The largest absolute Gasteiger partial charge is 0.334 e. The van der Waals surface area contributed by atoms with E-state index in [9.17, 15) is 4.79 Å². The fourth-order valence-electron chi connectivity index (χ4n) is 1.79. The Morgan fingerprint density at radius 1 is 1.32 bits per heavy atom. The molecule has 0 aliphatic carbocycles. The molecule has 0 aromatic heterocycles. The molecule has 0 saturated heterocycles. The Morgan fingerprint density at radius 3 is 2.26 bits per heavy atom. The average molecular weight is 262 g/mol. The van der Waals surface area contributed by atoms with Crippen molar-refractivity contribution in [1.29, 1.82) is 5.26 Å². The van der Waals surface area contributed by atoms with E-state index in [1.54, 1.807) is 0 Å². The minimum absolute atomic E-state index is 0.0362. The molecule has 0 rings (SSSR count). The van der Waals surface area contributed by atoms with E-state index in [1.165, 1.54) is 0 Å². The molecule has 0 spiro atoms. The Kier molecular flexibility index (Phi) is 7.14. The minimum Gasteiger partial charge on any atom is -0.334 e. The normalized spacial score (nSPS) is 11.7. The summed E-state index contributed by atoms with van der Waals surface area (Å²) in [5.41, 5.74) is 1.58. The molecule has 0 aliphatic rings. The first-order valence-corrected chi connectivity index (χ1v) is 6.74. The maximum Gasteiger partial charge on any atom is 0.253 e. The second-order valence-electron chi connectivity index (χ2n) is 5.85. The number of allylic oxidation sites excluding steroid dienone is 2. The second-order valence-corrected chi connectivity index (χ2v) is 5.85. The second kappa shape index (κ2) is 7.78. The van der Waals surface area contributed by atoms with E-state index in [1.807, 2.05) is 58.6 Å². The van der Waals surface area contributed by atoms with Crippen LogP contribution in [-0.2, 0) is 4.79 Å². The molecule has 0 heterocycles. The predicted octanol–water partition coefficient (Wildman–Crippen LogP) is 3.83.